The maximum absolute atomic E-state index is 12.5. The van der Waals surface area contributed by atoms with Gasteiger partial charge in [-0.05, 0) is 59.2 Å². The molecule has 0 heterocycles. The van der Waals surface area contributed by atoms with Crippen LogP contribution < -0.4 is 4.74 Å². The number of rotatable bonds is 4. The standard InChI is InChI=1S/C21H26O5S/c1-13(2)17-12-18(14(3)11-19(17)27(23,24)25)26-20(22)15-7-9-16(10-8-15)21(4,5)6/h7-13H,1-6H3,(H,23,24,25). The molecule has 0 bridgehead atoms. The molecule has 2 aromatic rings. The number of ether oxygens (including phenoxy) is 1. The van der Waals surface area contributed by atoms with Crippen molar-refractivity contribution in [1.82, 2.24) is 0 Å². The van der Waals surface area contributed by atoms with Crippen molar-refractivity contribution in [3.63, 3.8) is 0 Å². The SMILES string of the molecule is Cc1cc(S(=O)(=O)O)c(C(C)C)cc1OC(=O)c1ccc(C(C)(C)C)cc1. The summed E-state index contributed by atoms with van der Waals surface area (Å²) in [5.74, 6) is -0.421. The van der Waals surface area contributed by atoms with Gasteiger partial charge in [-0.15, -0.1) is 0 Å². The summed E-state index contributed by atoms with van der Waals surface area (Å²) in [5.41, 5.74) is 2.35. The Morgan fingerprint density at radius 1 is 1.07 bits per heavy atom. The first-order valence-electron chi connectivity index (χ1n) is 8.75. The second-order valence-electron chi connectivity index (χ2n) is 8.00. The van der Waals surface area contributed by atoms with Crippen molar-refractivity contribution >= 4 is 16.1 Å². The average Bonchev–Trinajstić information content (AvgIpc) is 2.54. The predicted molar refractivity (Wildman–Crippen MR) is 105 cm³/mol. The zero-order valence-corrected chi connectivity index (χ0v) is 17.3. The van der Waals surface area contributed by atoms with E-state index in [0.717, 1.165) is 5.56 Å². The van der Waals surface area contributed by atoms with E-state index in [1.807, 2.05) is 12.1 Å². The first kappa shape index (κ1) is 21.1. The van der Waals surface area contributed by atoms with Gasteiger partial charge in [-0.2, -0.15) is 8.42 Å². The van der Waals surface area contributed by atoms with Crippen LogP contribution in [-0.2, 0) is 15.5 Å². The van der Waals surface area contributed by atoms with Crippen molar-refractivity contribution < 1.29 is 22.5 Å². The van der Waals surface area contributed by atoms with Gasteiger partial charge in [-0.1, -0.05) is 46.8 Å². The second kappa shape index (κ2) is 7.44. The lowest BCUT2D eigenvalue weighted by Gasteiger charge is -2.19. The van der Waals surface area contributed by atoms with Gasteiger partial charge in [0, 0.05) is 0 Å². The number of benzene rings is 2. The largest absolute Gasteiger partial charge is 0.423 e. The fraction of sp³-hybridized carbons (Fsp3) is 0.381. The Morgan fingerprint density at radius 2 is 1.63 bits per heavy atom. The summed E-state index contributed by atoms with van der Waals surface area (Å²) >= 11 is 0. The molecule has 0 atom stereocenters. The van der Waals surface area contributed by atoms with Gasteiger partial charge in [0.2, 0.25) is 0 Å². The summed E-state index contributed by atoms with van der Waals surface area (Å²) in [6.07, 6.45) is 0. The Bertz CT molecular complexity index is 949. The molecular weight excluding hydrogens is 364 g/mol. The van der Waals surface area contributed by atoms with Crippen LogP contribution in [0.25, 0.3) is 0 Å². The van der Waals surface area contributed by atoms with Crippen LogP contribution in [-0.4, -0.2) is 18.9 Å². The predicted octanol–water partition coefficient (Wildman–Crippen LogP) is 4.88. The van der Waals surface area contributed by atoms with Crippen LogP contribution in [0.2, 0.25) is 0 Å². The number of carbonyl (C=O) groups excluding carboxylic acids is 1. The monoisotopic (exact) mass is 390 g/mol. The van der Waals surface area contributed by atoms with Crippen LogP contribution in [0.1, 0.15) is 67.6 Å². The molecule has 0 saturated heterocycles. The van der Waals surface area contributed by atoms with Crippen LogP contribution in [0.15, 0.2) is 41.3 Å². The average molecular weight is 391 g/mol. The zero-order valence-electron chi connectivity index (χ0n) is 16.5. The topological polar surface area (TPSA) is 80.7 Å². The highest BCUT2D eigenvalue weighted by Gasteiger charge is 2.22. The number of esters is 1. The third-order valence-electron chi connectivity index (χ3n) is 4.40. The van der Waals surface area contributed by atoms with E-state index < -0.39 is 16.1 Å². The quantitative estimate of drug-likeness (QED) is 0.457. The Kier molecular flexibility index (Phi) is 5.82. The van der Waals surface area contributed by atoms with E-state index >= 15 is 0 Å². The van der Waals surface area contributed by atoms with Crippen LogP contribution in [0.4, 0.5) is 0 Å². The number of hydrogen-bond acceptors (Lipinski definition) is 4. The van der Waals surface area contributed by atoms with Gasteiger partial charge in [-0.3, -0.25) is 4.55 Å². The van der Waals surface area contributed by atoms with Gasteiger partial charge in [0.1, 0.15) is 5.75 Å². The molecule has 0 aliphatic carbocycles. The second-order valence-corrected chi connectivity index (χ2v) is 9.39. The lowest BCUT2D eigenvalue weighted by atomic mass is 9.87. The van der Waals surface area contributed by atoms with Crippen molar-refractivity contribution in [2.75, 3.05) is 0 Å². The van der Waals surface area contributed by atoms with E-state index in [1.165, 1.54) is 12.1 Å². The molecule has 0 saturated carbocycles. The highest BCUT2D eigenvalue weighted by atomic mass is 32.2. The highest BCUT2D eigenvalue weighted by molar-refractivity contribution is 7.85. The summed E-state index contributed by atoms with van der Waals surface area (Å²) in [4.78, 5) is 12.3. The van der Waals surface area contributed by atoms with Crippen molar-refractivity contribution in [2.24, 2.45) is 0 Å². The number of aryl methyl sites for hydroxylation is 1. The molecule has 0 amide bonds. The lowest BCUT2D eigenvalue weighted by molar-refractivity contribution is 0.0733. The minimum Gasteiger partial charge on any atom is -0.423 e. The minimum absolute atomic E-state index is 0.0171. The third-order valence-corrected chi connectivity index (χ3v) is 5.31. The molecule has 2 rings (SSSR count). The Balaban J connectivity index is 2.37. The Labute approximate surface area is 161 Å². The molecular formula is C21H26O5S. The molecule has 146 valence electrons. The van der Waals surface area contributed by atoms with E-state index in [2.05, 4.69) is 20.8 Å². The number of hydrogen-bond donors (Lipinski definition) is 1. The normalized spacial score (nSPS) is 12.3. The van der Waals surface area contributed by atoms with Crippen molar-refractivity contribution in [3.8, 4) is 5.75 Å². The summed E-state index contributed by atoms with van der Waals surface area (Å²) in [6.45, 7) is 11.5. The summed E-state index contributed by atoms with van der Waals surface area (Å²) in [5, 5.41) is 0. The molecule has 2 aromatic carbocycles. The summed E-state index contributed by atoms with van der Waals surface area (Å²) in [6, 6.07) is 10.1. The first-order chi connectivity index (χ1) is 12.3. The molecule has 0 aromatic heterocycles. The molecule has 0 spiro atoms. The third kappa shape index (κ3) is 4.96. The smallest absolute Gasteiger partial charge is 0.343 e. The molecule has 6 heteroatoms. The Morgan fingerprint density at radius 3 is 2.07 bits per heavy atom. The summed E-state index contributed by atoms with van der Waals surface area (Å²) in [7, 11) is -4.36. The highest BCUT2D eigenvalue weighted by Crippen LogP contribution is 2.31. The zero-order chi connectivity index (χ0) is 20.6. The molecule has 0 aliphatic rings. The van der Waals surface area contributed by atoms with Crippen molar-refractivity contribution in [3.05, 3.63) is 58.7 Å². The van der Waals surface area contributed by atoms with Gasteiger partial charge >= 0.3 is 5.97 Å². The molecule has 0 aliphatic heterocycles. The van der Waals surface area contributed by atoms with E-state index in [4.69, 9.17) is 4.74 Å². The van der Waals surface area contributed by atoms with E-state index in [9.17, 15) is 17.8 Å². The van der Waals surface area contributed by atoms with Gasteiger partial charge in [-0.25, -0.2) is 4.79 Å². The Hall–Kier alpha value is -2.18. The molecule has 27 heavy (non-hydrogen) atoms. The fourth-order valence-corrected chi connectivity index (χ4v) is 3.65. The maximum atomic E-state index is 12.5. The van der Waals surface area contributed by atoms with E-state index in [1.54, 1.807) is 32.9 Å². The first-order valence-corrected chi connectivity index (χ1v) is 10.2. The maximum Gasteiger partial charge on any atom is 0.343 e. The molecule has 0 radical (unpaired) electrons. The summed E-state index contributed by atoms with van der Waals surface area (Å²) < 4.78 is 38.2. The van der Waals surface area contributed by atoms with Crippen molar-refractivity contribution in [1.29, 1.82) is 0 Å². The van der Waals surface area contributed by atoms with Crippen LogP contribution in [0, 0.1) is 6.92 Å². The molecule has 0 unspecified atom stereocenters. The van der Waals surface area contributed by atoms with Crippen molar-refractivity contribution in [2.45, 2.75) is 57.8 Å². The molecule has 5 nitrogen and oxygen atoms in total. The van der Waals surface area contributed by atoms with Gasteiger partial charge < -0.3 is 4.74 Å². The minimum atomic E-state index is -4.36. The van der Waals surface area contributed by atoms with Crippen LogP contribution in [0.3, 0.4) is 0 Å². The molecule has 0 fully saturated rings. The number of carbonyl (C=O) groups is 1. The fourth-order valence-electron chi connectivity index (χ4n) is 2.73. The molecule has 1 N–H and O–H groups in total. The van der Waals surface area contributed by atoms with Gasteiger partial charge in [0.15, 0.2) is 0 Å². The van der Waals surface area contributed by atoms with E-state index in [0.29, 0.717) is 16.7 Å². The lowest BCUT2D eigenvalue weighted by Crippen LogP contribution is -2.14. The van der Waals surface area contributed by atoms with E-state index in [-0.39, 0.29) is 22.0 Å². The van der Waals surface area contributed by atoms with Crippen LogP contribution in [0.5, 0.6) is 5.75 Å². The van der Waals surface area contributed by atoms with Crippen LogP contribution >= 0.6 is 0 Å². The van der Waals surface area contributed by atoms with Gasteiger partial charge in [0.05, 0.1) is 10.5 Å². The van der Waals surface area contributed by atoms with Gasteiger partial charge in [0.25, 0.3) is 10.1 Å².